The molecule has 1 aromatic carbocycles. The molecule has 38 heavy (non-hydrogen) atoms. The molecule has 9 nitrogen and oxygen atoms in total. The molecule has 1 aromatic heterocycles. The molecule has 0 fully saturated rings. The number of ether oxygens (including phenoxy) is 1. The Kier molecular flexibility index (Phi) is 11.2. The second-order valence-electron chi connectivity index (χ2n) is 10.1. The molecule has 0 bridgehead atoms. The average Bonchev–Trinajstić information content (AvgIpc) is 2.85. The number of nitrogens with zero attached hydrogens (tertiary/aromatic N) is 3. The van der Waals surface area contributed by atoms with Gasteiger partial charge in [-0.2, -0.15) is 0 Å². The minimum atomic E-state index is -0.669. The van der Waals surface area contributed by atoms with Gasteiger partial charge in [-0.05, 0) is 70.6 Å². The van der Waals surface area contributed by atoms with E-state index in [-0.39, 0.29) is 52.9 Å². The molecule has 1 heterocycles. The summed E-state index contributed by atoms with van der Waals surface area (Å²) in [7, 11) is 1.36. The second kappa shape index (κ2) is 13.8. The third-order valence-corrected chi connectivity index (χ3v) is 6.27. The molecule has 208 valence electrons. The largest absolute Gasteiger partial charge is 0.496 e. The zero-order valence-corrected chi connectivity index (χ0v) is 23.2. The summed E-state index contributed by atoms with van der Waals surface area (Å²) in [6, 6.07) is 3.56. The number of benzene rings is 1. The number of halogens is 1. The molecule has 0 aliphatic rings. The molecule has 0 saturated carbocycles. The summed E-state index contributed by atoms with van der Waals surface area (Å²) in [5, 5.41) is 4.02. The van der Waals surface area contributed by atoms with E-state index in [9.17, 15) is 23.6 Å². The van der Waals surface area contributed by atoms with Crippen LogP contribution >= 0.6 is 0 Å². The normalized spacial score (nSPS) is 12.6. The van der Waals surface area contributed by atoms with Crippen molar-refractivity contribution in [3.8, 4) is 5.75 Å². The second-order valence-corrected chi connectivity index (χ2v) is 10.1. The molecule has 0 unspecified atom stereocenters. The lowest BCUT2D eigenvalue weighted by atomic mass is 9.90. The summed E-state index contributed by atoms with van der Waals surface area (Å²) in [6.07, 6.45) is 2.77. The average molecular weight is 532 g/mol. The summed E-state index contributed by atoms with van der Waals surface area (Å²) in [6.45, 7) is 10.3. The van der Waals surface area contributed by atoms with E-state index in [1.54, 1.807) is 20.8 Å². The first-order chi connectivity index (χ1) is 17.8. The Labute approximate surface area is 222 Å². The molecular formula is C28H38FN3O6. The van der Waals surface area contributed by atoms with Crippen LogP contribution in [0, 0.1) is 17.7 Å². The standard InChI is InChI=1S/C28H38FN3O6/c1-17(2)21(10-8-9-19(5)33)14-32-27(35)24(20(6)30-38-18(3)4)15-31(28(32)36)16-25(34)23-13-22(29)11-12-26(23)37-7/h11-13,15,17-18,21H,8-10,14,16H2,1-7H3/b30-20+/t21-/m1/s1. The molecule has 0 spiro atoms. The summed E-state index contributed by atoms with van der Waals surface area (Å²) in [5.74, 6) is -0.862. The van der Waals surface area contributed by atoms with Gasteiger partial charge in [0, 0.05) is 19.2 Å². The monoisotopic (exact) mass is 531 g/mol. The van der Waals surface area contributed by atoms with E-state index >= 15 is 0 Å². The predicted octanol–water partition coefficient (Wildman–Crippen LogP) is 4.22. The summed E-state index contributed by atoms with van der Waals surface area (Å²) in [4.78, 5) is 56.9. The fourth-order valence-corrected chi connectivity index (χ4v) is 4.03. The maximum Gasteiger partial charge on any atom is 0.331 e. The fourth-order valence-electron chi connectivity index (χ4n) is 4.03. The molecule has 0 N–H and O–H groups in total. The molecule has 0 radical (unpaired) electrons. The molecule has 2 rings (SSSR count). The lowest BCUT2D eigenvalue weighted by Gasteiger charge is -2.22. The van der Waals surface area contributed by atoms with Crippen molar-refractivity contribution >= 4 is 17.3 Å². The Morgan fingerprint density at radius 3 is 2.34 bits per heavy atom. The number of hydrogen-bond donors (Lipinski definition) is 0. The highest BCUT2D eigenvalue weighted by atomic mass is 19.1. The van der Waals surface area contributed by atoms with Crippen LogP contribution in [0.3, 0.4) is 0 Å². The topological polar surface area (TPSA) is 109 Å². The number of aromatic nitrogens is 2. The number of rotatable bonds is 14. The Hall–Kier alpha value is -3.56. The minimum absolute atomic E-state index is 0.0171. The van der Waals surface area contributed by atoms with Crippen molar-refractivity contribution in [1.82, 2.24) is 9.13 Å². The quantitative estimate of drug-likeness (QED) is 0.205. The van der Waals surface area contributed by atoms with E-state index < -0.39 is 29.4 Å². The van der Waals surface area contributed by atoms with Crippen LogP contribution in [0.25, 0.3) is 0 Å². The third-order valence-electron chi connectivity index (χ3n) is 6.27. The van der Waals surface area contributed by atoms with Gasteiger partial charge in [-0.25, -0.2) is 9.18 Å². The van der Waals surface area contributed by atoms with Crippen molar-refractivity contribution < 1.29 is 23.6 Å². The van der Waals surface area contributed by atoms with Crippen LogP contribution in [0.4, 0.5) is 4.39 Å². The number of Topliss-reactive ketones (excluding diaryl/α,β-unsaturated/α-hetero) is 2. The number of oxime groups is 1. The van der Waals surface area contributed by atoms with Crippen molar-refractivity contribution in [3.63, 3.8) is 0 Å². The van der Waals surface area contributed by atoms with Gasteiger partial charge in [0.15, 0.2) is 5.78 Å². The van der Waals surface area contributed by atoms with Crippen molar-refractivity contribution in [2.45, 2.75) is 80.0 Å². The van der Waals surface area contributed by atoms with Crippen molar-refractivity contribution in [3.05, 3.63) is 62.2 Å². The van der Waals surface area contributed by atoms with Gasteiger partial charge in [0.1, 0.15) is 23.5 Å². The van der Waals surface area contributed by atoms with E-state index in [0.29, 0.717) is 19.3 Å². The van der Waals surface area contributed by atoms with Crippen LogP contribution in [-0.4, -0.2) is 39.6 Å². The maximum absolute atomic E-state index is 13.9. The number of carbonyl (C=O) groups is 2. The van der Waals surface area contributed by atoms with Crippen LogP contribution < -0.4 is 16.0 Å². The SMILES string of the molecule is COc1ccc(F)cc1C(=O)Cn1cc(/C(C)=N/OC(C)C)c(=O)n(C[C@@H](CCCC(C)=O)C(C)C)c1=O. The number of ketones is 2. The summed E-state index contributed by atoms with van der Waals surface area (Å²) in [5.41, 5.74) is -0.878. The minimum Gasteiger partial charge on any atom is -0.496 e. The van der Waals surface area contributed by atoms with Crippen LogP contribution in [0.2, 0.25) is 0 Å². The highest BCUT2D eigenvalue weighted by molar-refractivity contribution is 5.99. The number of methoxy groups -OCH3 is 1. The highest BCUT2D eigenvalue weighted by Crippen LogP contribution is 2.21. The first kappa shape index (κ1) is 30.7. The summed E-state index contributed by atoms with van der Waals surface area (Å²) < 4.78 is 21.3. The van der Waals surface area contributed by atoms with Crippen molar-refractivity contribution in [2.24, 2.45) is 17.0 Å². The van der Waals surface area contributed by atoms with Crippen LogP contribution in [0.15, 0.2) is 39.1 Å². The van der Waals surface area contributed by atoms with Gasteiger partial charge in [0.2, 0.25) is 0 Å². The van der Waals surface area contributed by atoms with Gasteiger partial charge in [0.05, 0.1) is 30.5 Å². The highest BCUT2D eigenvalue weighted by Gasteiger charge is 2.22. The van der Waals surface area contributed by atoms with Crippen LogP contribution in [0.1, 0.15) is 76.7 Å². The fraction of sp³-hybridized carbons (Fsp3) is 0.536. The first-order valence-corrected chi connectivity index (χ1v) is 12.8. The molecule has 1 atom stereocenters. The summed E-state index contributed by atoms with van der Waals surface area (Å²) >= 11 is 0. The van der Waals surface area contributed by atoms with Gasteiger partial charge in [-0.3, -0.25) is 18.7 Å². The van der Waals surface area contributed by atoms with Gasteiger partial charge in [-0.15, -0.1) is 0 Å². The molecule has 0 amide bonds. The van der Waals surface area contributed by atoms with Gasteiger partial charge < -0.3 is 14.4 Å². The maximum atomic E-state index is 13.9. The Morgan fingerprint density at radius 1 is 1.08 bits per heavy atom. The lowest BCUT2D eigenvalue weighted by Crippen LogP contribution is -2.44. The zero-order valence-electron chi connectivity index (χ0n) is 23.2. The van der Waals surface area contributed by atoms with E-state index in [2.05, 4.69) is 5.16 Å². The number of hydrogen-bond acceptors (Lipinski definition) is 7. The lowest BCUT2D eigenvalue weighted by molar-refractivity contribution is -0.117. The molecule has 0 aliphatic carbocycles. The van der Waals surface area contributed by atoms with Crippen LogP contribution in [-0.2, 0) is 22.7 Å². The Bertz CT molecular complexity index is 1290. The van der Waals surface area contributed by atoms with Gasteiger partial charge in [-0.1, -0.05) is 19.0 Å². The van der Waals surface area contributed by atoms with Gasteiger partial charge >= 0.3 is 5.69 Å². The van der Waals surface area contributed by atoms with Gasteiger partial charge in [0.25, 0.3) is 5.56 Å². The molecule has 2 aromatic rings. The van der Waals surface area contributed by atoms with E-state index in [4.69, 9.17) is 9.57 Å². The molecular weight excluding hydrogens is 493 g/mol. The van der Waals surface area contributed by atoms with Crippen molar-refractivity contribution in [1.29, 1.82) is 0 Å². The Balaban J connectivity index is 2.60. The zero-order chi connectivity index (χ0) is 28.6. The first-order valence-electron chi connectivity index (χ1n) is 12.8. The predicted molar refractivity (Wildman–Crippen MR) is 144 cm³/mol. The third kappa shape index (κ3) is 8.22. The van der Waals surface area contributed by atoms with E-state index in [1.807, 2.05) is 13.8 Å². The molecule has 10 heteroatoms. The van der Waals surface area contributed by atoms with E-state index in [1.165, 1.54) is 32.4 Å². The van der Waals surface area contributed by atoms with E-state index in [0.717, 1.165) is 15.2 Å². The smallest absolute Gasteiger partial charge is 0.331 e. The van der Waals surface area contributed by atoms with Crippen molar-refractivity contribution in [2.75, 3.05) is 7.11 Å². The Morgan fingerprint density at radius 2 is 1.76 bits per heavy atom. The number of carbonyl (C=O) groups excluding carboxylic acids is 2. The molecule has 0 aliphatic heterocycles. The molecule has 0 saturated heterocycles. The van der Waals surface area contributed by atoms with Crippen LogP contribution in [0.5, 0.6) is 5.75 Å².